The van der Waals surface area contributed by atoms with E-state index in [9.17, 15) is 4.79 Å². The Balaban J connectivity index is 2.33. The highest BCUT2D eigenvalue weighted by Gasteiger charge is 2.12. The first kappa shape index (κ1) is 13.7. The minimum atomic E-state index is -0.491. The van der Waals surface area contributed by atoms with Gasteiger partial charge in [-0.15, -0.1) is 0 Å². The molecule has 1 atom stereocenters. The molecule has 0 saturated carbocycles. The van der Waals surface area contributed by atoms with E-state index in [-0.39, 0.29) is 5.97 Å². The van der Waals surface area contributed by atoms with E-state index < -0.39 is 6.04 Å². The molecule has 1 unspecified atom stereocenters. The van der Waals surface area contributed by atoms with Gasteiger partial charge in [0, 0.05) is 0 Å². The standard InChI is InChI=1S/C14H21NO2/c1-3-11-7-9-12(10-8-11)5-4-6-13(15)14(16)17-2/h7-10,13H,3-6,15H2,1-2H3. The van der Waals surface area contributed by atoms with Crippen LogP contribution in [0.15, 0.2) is 24.3 Å². The number of esters is 1. The highest BCUT2D eigenvalue weighted by Crippen LogP contribution is 2.09. The summed E-state index contributed by atoms with van der Waals surface area (Å²) in [5.41, 5.74) is 8.30. The Kier molecular flexibility index (Phi) is 5.70. The number of rotatable bonds is 6. The Morgan fingerprint density at radius 3 is 2.41 bits per heavy atom. The van der Waals surface area contributed by atoms with E-state index in [1.54, 1.807) is 0 Å². The van der Waals surface area contributed by atoms with E-state index in [0.717, 1.165) is 19.3 Å². The van der Waals surface area contributed by atoms with Crippen LogP contribution >= 0.6 is 0 Å². The minimum Gasteiger partial charge on any atom is -0.468 e. The predicted octanol–water partition coefficient (Wildman–Crippen LogP) is 2.07. The van der Waals surface area contributed by atoms with Crippen LogP contribution in [0.2, 0.25) is 0 Å². The van der Waals surface area contributed by atoms with Gasteiger partial charge in [0.25, 0.3) is 0 Å². The van der Waals surface area contributed by atoms with Gasteiger partial charge in [-0.1, -0.05) is 31.2 Å². The van der Waals surface area contributed by atoms with Crippen LogP contribution in [0, 0.1) is 0 Å². The van der Waals surface area contributed by atoms with Gasteiger partial charge in [-0.25, -0.2) is 0 Å². The number of methoxy groups -OCH3 is 1. The zero-order valence-corrected chi connectivity index (χ0v) is 10.6. The van der Waals surface area contributed by atoms with Crippen LogP contribution in [0.5, 0.6) is 0 Å². The number of ether oxygens (including phenoxy) is 1. The zero-order chi connectivity index (χ0) is 12.7. The lowest BCUT2D eigenvalue weighted by Gasteiger charge is -2.08. The SMILES string of the molecule is CCc1ccc(CCCC(N)C(=O)OC)cc1. The molecular weight excluding hydrogens is 214 g/mol. The fourth-order valence-electron chi connectivity index (χ4n) is 1.74. The van der Waals surface area contributed by atoms with Crippen molar-refractivity contribution in [1.82, 2.24) is 0 Å². The summed E-state index contributed by atoms with van der Waals surface area (Å²) < 4.78 is 4.58. The van der Waals surface area contributed by atoms with Gasteiger partial charge in [-0.3, -0.25) is 4.79 Å². The molecule has 1 aromatic carbocycles. The summed E-state index contributed by atoms with van der Waals surface area (Å²) in [5, 5.41) is 0. The number of carbonyl (C=O) groups is 1. The van der Waals surface area contributed by atoms with Gasteiger partial charge < -0.3 is 10.5 Å². The average molecular weight is 235 g/mol. The van der Waals surface area contributed by atoms with Crippen LogP contribution in [0.1, 0.15) is 30.9 Å². The van der Waals surface area contributed by atoms with Gasteiger partial charge in [-0.05, 0) is 36.8 Å². The molecule has 94 valence electrons. The van der Waals surface area contributed by atoms with Crippen molar-refractivity contribution >= 4 is 5.97 Å². The van der Waals surface area contributed by atoms with E-state index in [4.69, 9.17) is 5.73 Å². The average Bonchev–Trinajstić information content (AvgIpc) is 2.38. The second kappa shape index (κ2) is 7.07. The third kappa shape index (κ3) is 4.57. The highest BCUT2D eigenvalue weighted by atomic mass is 16.5. The van der Waals surface area contributed by atoms with Crippen molar-refractivity contribution in [3.8, 4) is 0 Å². The molecule has 2 N–H and O–H groups in total. The number of nitrogens with two attached hydrogens (primary N) is 1. The maximum atomic E-state index is 11.1. The summed E-state index contributed by atoms with van der Waals surface area (Å²) in [6.45, 7) is 2.14. The third-order valence-electron chi connectivity index (χ3n) is 2.92. The van der Waals surface area contributed by atoms with Crippen molar-refractivity contribution in [3.63, 3.8) is 0 Å². The molecular formula is C14H21NO2. The Morgan fingerprint density at radius 1 is 1.29 bits per heavy atom. The Morgan fingerprint density at radius 2 is 1.88 bits per heavy atom. The van der Waals surface area contributed by atoms with Crippen LogP contribution in [0.4, 0.5) is 0 Å². The molecule has 3 nitrogen and oxygen atoms in total. The van der Waals surface area contributed by atoms with Gasteiger partial charge in [-0.2, -0.15) is 0 Å². The van der Waals surface area contributed by atoms with E-state index in [0.29, 0.717) is 6.42 Å². The lowest BCUT2D eigenvalue weighted by molar-refractivity contribution is -0.142. The van der Waals surface area contributed by atoms with E-state index in [1.807, 2.05) is 0 Å². The number of aryl methyl sites for hydroxylation is 2. The first-order valence-electron chi connectivity index (χ1n) is 6.08. The van der Waals surface area contributed by atoms with Crippen molar-refractivity contribution in [2.24, 2.45) is 5.73 Å². The van der Waals surface area contributed by atoms with Gasteiger partial charge in [0.15, 0.2) is 0 Å². The monoisotopic (exact) mass is 235 g/mol. The Bertz CT molecular complexity index is 346. The zero-order valence-electron chi connectivity index (χ0n) is 10.6. The lowest BCUT2D eigenvalue weighted by Crippen LogP contribution is -2.31. The second-order valence-corrected chi connectivity index (χ2v) is 4.19. The summed E-state index contributed by atoms with van der Waals surface area (Å²) in [6, 6.07) is 8.09. The maximum Gasteiger partial charge on any atom is 0.322 e. The van der Waals surface area contributed by atoms with Gasteiger partial charge in [0.2, 0.25) is 0 Å². The lowest BCUT2D eigenvalue weighted by atomic mass is 10.0. The number of benzene rings is 1. The van der Waals surface area contributed by atoms with Gasteiger partial charge in [0.05, 0.1) is 7.11 Å². The van der Waals surface area contributed by atoms with Crippen LogP contribution in [0.25, 0.3) is 0 Å². The molecule has 0 aliphatic rings. The predicted molar refractivity (Wildman–Crippen MR) is 68.7 cm³/mol. The fourth-order valence-corrected chi connectivity index (χ4v) is 1.74. The molecule has 0 fully saturated rings. The largest absolute Gasteiger partial charge is 0.468 e. The highest BCUT2D eigenvalue weighted by molar-refractivity contribution is 5.75. The smallest absolute Gasteiger partial charge is 0.322 e. The molecule has 0 radical (unpaired) electrons. The van der Waals surface area contributed by atoms with Crippen molar-refractivity contribution in [2.45, 2.75) is 38.6 Å². The van der Waals surface area contributed by atoms with Crippen molar-refractivity contribution in [1.29, 1.82) is 0 Å². The summed E-state index contributed by atoms with van der Waals surface area (Å²) in [4.78, 5) is 11.1. The van der Waals surface area contributed by atoms with Crippen LogP contribution in [-0.2, 0) is 22.4 Å². The maximum absolute atomic E-state index is 11.1. The second-order valence-electron chi connectivity index (χ2n) is 4.19. The molecule has 0 amide bonds. The first-order chi connectivity index (χ1) is 8.17. The molecule has 0 aliphatic heterocycles. The first-order valence-corrected chi connectivity index (χ1v) is 6.08. The molecule has 0 spiro atoms. The summed E-state index contributed by atoms with van der Waals surface area (Å²) in [7, 11) is 1.37. The molecule has 3 heteroatoms. The van der Waals surface area contributed by atoms with Crippen LogP contribution in [0.3, 0.4) is 0 Å². The molecule has 0 heterocycles. The van der Waals surface area contributed by atoms with E-state index >= 15 is 0 Å². The minimum absolute atomic E-state index is 0.327. The number of carbonyl (C=O) groups excluding carboxylic acids is 1. The Hall–Kier alpha value is -1.35. The molecule has 0 saturated heterocycles. The normalized spacial score (nSPS) is 12.2. The number of hydrogen-bond acceptors (Lipinski definition) is 3. The van der Waals surface area contributed by atoms with E-state index in [2.05, 4.69) is 35.9 Å². The quantitative estimate of drug-likeness (QED) is 0.768. The topological polar surface area (TPSA) is 52.3 Å². The molecule has 1 rings (SSSR count). The Labute approximate surface area is 103 Å². The van der Waals surface area contributed by atoms with Crippen molar-refractivity contribution in [2.75, 3.05) is 7.11 Å². The molecule has 1 aromatic rings. The molecule has 0 aliphatic carbocycles. The summed E-state index contributed by atoms with van der Waals surface area (Å²) in [6.07, 6.45) is 3.59. The third-order valence-corrected chi connectivity index (χ3v) is 2.92. The molecule has 0 aromatic heterocycles. The van der Waals surface area contributed by atoms with Gasteiger partial charge in [0.1, 0.15) is 6.04 Å². The molecule has 0 bridgehead atoms. The summed E-state index contributed by atoms with van der Waals surface area (Å²) in [5.74, 6) is -0.327. The van der Waals surface area contributed by atoms with Crippen LogP contribution < -0.4 is 5.73 Å². The van der Waals surface area contributed by atoms with Crippen molar-refractivity contribution in [3.05, 3.63) is 35.4 Å². The number of hydrogen-bond donors (Lipinski definition) is 1. The van der Waals surface area contributed by atoms with Crippen molar-refractivity contribution < 1.29 is 9.53 Å². The van der Waals surface area contributed by atoms with E-state index in [1.165, 1.54) is 18.2 Å². The van der Waals surface area contributed by atoms with Gasteiger partial charge >= 0.3 is 5.97 Å². The van der Waals surface area contributed by atoms with Crippen LogP contribution in [-0.4, -0.2) is 19.1 Å². The summed E-state index contributed by atoms with van der Waals surface area (Å²) >= 11 is 0. The molecule has 17 heavy (non-hydrogen) atoms. The fraction of sp³-hybridized carbons (Fsp3) is 0.500.